The van der Waals surface area contributed by atoms with Crippen molar-refractivity contribution in [3.8, 4) is 11.4 Å². The molecule has 0 spiro atoms. The maximum absolute atomic E-state index is 14.1. The average molecular weight is 484 g/mol. The van der Waals surface area contributed by atoms with Crippen LogP contribution < -0.4 is 10.6 Å². The maximum Gasteiger partial charge on any atom is 0.167 e. The second-order valence-corrected chi connectivity index (χ2v) is 9.87. The zero-order valence-electron chi connectivity index (χ0n) is 20.3. The first-order valence-corrected chi connectivity index (χ1v) is 12.9. The minimum atomic E-state index is -0.429. The van der Waals surface area contributed by atoms with E-state index in [0.717, 1.165) is 48.6 Å². The third kappa shape index (κ3) is 5.04. The Morgan fingerprint density at radius 2 is 1.89 bits per heavy atom. The van der Waals surface area contributed by atoms with E-state index in [1.807, 2.05) is 24.5 Å². The van der Waals surface area contributed by atoms with Crippen LogP contribution in [0.3, 0.4) is 0 Å². The number of rotatable bonds is 8. The van der Waals surface area contributed by atoms with Crippen LogP contribution in [0.2, 0.25) is 0 Å². The number of hydrogen-bond donors (Lipinski definition) is 2. The Morgan fingerprint density at radius 1 is 1.00 bits per heavy atom. The van der Waals surface area contributed by atoms with Crippen molar-refractivity contribution in [3.63, 3.8) is 0 Å². The molecule has 4 aromatic heterocycles. The fourth-order valence-electron chi connectivity index (χ4n) is 5.17. The van der Waals surface area contributed by atoms with Crippen molar-refractivity contribution >= 4 is 22.5 Å². The lowest BCUT2D eigenvalue weighted by molar-refractivity contribution is 0.347. The number of aromatic nitrogens is 5. The van der Waals surface area contributed by atoms with Gasteiger partial charge in [0.1, 0.15) is 5.82 Å². The van der Waals surface area contributed by atoms with Crippen molar-refractivity contribution in [3.05, 3.63) is 66.1 Å². The molecule has 0 aromatic carbocycles. The molecule has 4 aromatic rings. The summed E-state index contributed by atoms with van der Waals surface area (Å²) >= 11 is 0. The minimum Gasteiger partial charge on any atom is -0.322 e. The van der Waals surface area contributed by atoms with E-state index >= 15 is 0 Å². The predicted molar refractivity (Wildman–Crippen MR) is 139 cm³/mol. The lowest BCUT2D eigenvalue weighted by Gasteiger charge is -2.22. The van der Waals surface area contributed by atoms with Gasteiger partial charge in [-0.1, -0.05) is 0 Å². The summed E-state index contributed by atoms with van der Waals surface area (Å²) in [6.45, 7) is 2.26. The highest BCUT2D eigenvalue weighted by Crippen LogP contribution is 2.43. The van der Waals surface area contributed by atoms with Gasteiger partial charge in [0.2, 0.25) is 0 Å². The van der Waals surface area contributed by atoms with Gasteiger partial charge in [0.05, 0.1) is 17.4 Å². The highest BCUT2D eigenvalue weighted by Gasteiger charge is 2.28. The molecule has 2 aliphatic rings. The molecule has 184 valence electrons. The van der Waals surface area contributed by atoms with Gasteiger partial charge < -0.3 is 10.6 Å². The molecule has 1 aliphatic carbocycles. The third-order valence-electron chi connectivity index (χ3n) is 7.24. The number of nitrogens with zero attached hydrogens (tertiary/aromatic N) is 5. The van der Waals surface area contributed by atoms with Gasteiger partial charge in [0.25, 0.3) is 0 Å². The second-order valence-electron chi connectivity index (χ2n) is 9.87. The first kappa shape index (κ1) is 22.9. The number of nitrogens with one attached hydrogen (secondary N) is 2. The van der Waals surface area contributed by atoms with E-state index in [1.54, 1.807) is 18.5 Å². The van der Waals surface area contributed by atoms with Crippen LogP contribution in [0.4, 0.5) is 16.0 Å². The molecule has 2 N–H and O–H groups in total. The molecule has 0 amide bonds. The number of piperidine rings is 1. The smallest absolute Gasteiger partial charge is 0.167 e. The molecule has 36 heavy (non-hydrogen) atoms. The van der Waals surface area contributed by atoms with Crippen LogP contribution in [0, 0.1) is 11.7 Å². The van der Waals surface area contributed by atoms with Gasteiger partial charge in [0.15, 0.2) is 17.5 Å². The van der Waals surface area contributed by atoms with E-state index in [-0.39, 0.29) is 5.82 Å². The molecule has 0 unspecified atom stereocenters. The first-order valence-electron chi connectivity index (χ1n) is 12.9. The molecule has 0 radical (unpaired) electrons. The summed E-state index contributed by atoms with van der Waals surface area (Å²) < 4.78 is 14.1. The fraction of sp³-hybridized carbons (Fsp3) is 0.393. The average Bonchev–Trinajstić information content (AvgIpc) is 3.76. The molecular formula is C28H30FN7. The van der Waals surface area contributed by atoms with Gasteiger partial charge in [-0.3, -0.25) is 4.98 Å². The Bertz CT molecular complexity index is 1370. The van der Waals surface area contributed by atoms with Crippen LogP contribution in [-0.4, -0.2) is 38.0 Å². The highest BCUT2D eigenvalue weighted by atomic mass is 19.1. The van der Waals surface area contributed by atoms with Crippen LogP contribution in [0.5, 0.6) is 0 Å². The van der Waals surface area contributed by atoms with E-state index in [1.165, 1.54) is 49.1 Å². The third-order valence-corrected chi connectivity index (χ3v) is 7.24. The zero-order valence-corrected chi connectivity index (χ0v) is 20.3. The van der Waals surface area contributed by atoms with E-state index < -0.39 is 5.82 Å². The SMILES string of the molecule is Fc1cccnc1Nc1cc(-c2nc(CCCC3CCNCC3)c3c(C4CC4)cncc3n2)ccn1. The monoisotopic (exact) mass is 483 g/mol. The maximum atomic E-state index is 14.1. The lowest BCUT2D eigenvalue weighted by Crippen LogP contribution is -2.27. The number of fused-ring (bicyclic) bond motifs is 1. The molecule has 5 heterocycles. The van der Waals surface area contributed by atoms with Crippen LogP contribution >= 0.6 is 0 Å². The van der Waals surface area contributed by atoms with Crippen LogP contribution in [0.15, 0.2) is 49.1 Å². The van der Waals surface area contributed by atoms with E-state index in [0.29, 0.717) is 17.6 Å². The molecule has 1 aliphatic heterocycles. The van der Waals surface area contributed by atoms with Gasteiger partial charge in [-0.05, 0) is 99.7 Å². The summed E-state index contributed by atoms with van der Waals surface area (Å²) in [5, 5.41) is 7.61. The van der Waals surface area contributed by atoms with Gasteiger partial charge in [-0.15, -0.1) is 0 Å². The summed E-state index contributed by atoms with van der Waals surface area (Å²) in [6, 6.07) is 6.65. The van der Waals surface area contributed by atoms with Crippen LogP contribution in [0.1, 0.15) is 55.7 Å². The molecule has 1 saturated heterocycles. The summed E-state index contributed by atoms with van der Waals surface area (Å²) in [4.78, 5) is 22.9. The van der Waals surface area contributed by atoms with Gasteiger partial charge in [-0.2, -0.15) is 0 Å². The van der Waals surface area contributed by atoms with Crippen molar-refractivity contribution in [1.29, 1.82) is 0 Å². The van der Waals surface area contributed by atoms with Crippen molar-refractivity contribution in [1.82, 2.24) is 30.2 Å². The minimum absolute atomic E-state index is 0.137. The molecule has 2 fully saturated rings. The zero-order chi connectivity index (χ0) is 24.3. The molecule has 8 heteroatoms. The number of halogens is 1. The van der Waals surface area contributed by atoms with E-state index in [9.17, 15) is 4.39 Å². The van der Waals surface area contributed by atoms with Gasteiger partial charge >= 0.3 is 0 Å². The summed E-state index contributed by atoms with van der Waals surface area (Å²) in [5.74, 6) is 2.21. The van der Waals surface area contributed by atoms with Gasteiger partial charge in [-0.25, -0.2) is 24.3 Å². The predicted octanol–water partition coefficient (Wildman–Crippen LogP) is 5.56. The Labute approximate surface area is 210 Å². The number of aryl methyl sites for hydroxylation is 1. The number of pyridine rings is 3. The number of anilines is 2. The van der Waals surface area contributed by atoms with Crippen LogP contribution in [-0.2, 0) is 6.42 Å². The molecular weight excluding hydrogens is 453 g/mol. The van der Waals surface area contributed by atoms with Gasteiger partial charge in [0, 0.05) is 29.5 Å². The molecule has 0 atom stereocenters. The van der Waals surface area contributed by atoms with Crippen molar-refractivity contribution < 1.29 is 4.39 Å². The second kappa shape index (κ2) is 10.2. The molecule has 7 nitrogen and oxygen atoms in total. The van der Waals surface area contributed by atoms with Crippen molar-refractivity contribution in [2.75, 3.05) is 18.4 Å². The highest BCUT2D eigenvalue weighted by molar-refractivity contribution is 5.86. The van der Waals surface area contributed by atoms with E-state index in [4.69, 9.17) is 9.97 Å². The molecule has 0 bridgehead atoms. The summed E-state index contributed by atoms with van der Waals surface area (Å²) in [5.41, 5.74) is 4.11. The van der Waals surface area contributed by atoms with Crippen LogP contribution in [0.25, 0.3) is 22.3 Å². The molecule has 6 rings (SSSR count). The molecule has 1 saturated carbocycles. The normalized spacial score (nSPS) is 16.4. The fourth-order valence-corrected chi connectivity index (χ4v) is 5.17. The lowest BCUT2D eigenvalue weighted by atomic mass is 9.91. The standard InChI is InChI=1S/C28H30FN7/c29-22-4-2-11-33-28(22)36-25-15-20(10-14-32-25)27-34-23(5-1-3-18-8-12-30-13-9-18)26-21(19-6-7-19)16-31-17-24(26)35-27/h2,4,10-11,14-19,30H,1,3,5-9,12-13H2,(H,32,33,36). The largest absolute Gasteiger partial charge is 0.322 e. The number of hydrogen-bond acceptors (Lipinski definition) is 7. The summed E-state index contributed by atoms with van der Waals surface area (Å²) in [6.07, 6.45) is 15.3. The summed E-state index contributed by atoms with van der Waals surface area (Å²) in [7, 11) is 0. The Kier molecular flexibility index (Phi) is 6.51. The Hall–Kier alpha value is -3.52. The van der Waals surface area contributed by atoms with Crippen molar-refractivity contribution in [2.24, 2.45) is 5.92 Å². The Balaban J connectivity index is 1.32. The quantitative estimate of drug-likeness (QED) is 0.339. The Morgan fingerprint density at radius 3 is 2.72 bits per heavy atom. The first-order chi connectivity index (χ1) is 17.7. The van der Waals surface area contributed by atoms with Crippen molar-refractivity contribution in [2.45, 2.75) is 50.9 Å². The van der Waals surface area contributed by atoms with E-state index in [2.05, 4.69) is 25.6 Å². The topological polar surface area (TPSA) is 88.5 Å².